The molecule has 0 aromatic heterocycles. The lowest BCUT2D eigenvalue weighted by molar-refractivity contribution is 0.0147. The van der Waals surface area contributed by atoms with Crippen LogP contribution in [0, 0.1) is 12.8 Å². The van der Waals surface area contributed by atoms with Gasteiger partial charge in [0, 0.05) is 5.56 Å². The number of aliphatic hydroxyl groups is 1. The largest absolute Gasteiger partial charge is 0.390 e. The van der Waals surface area contributed by atoms with E-state index in [1.54, 1.807) is 13.8 Å². The lowest BCUT2D eigenvalue weighted by Gasteiger charge is -2.32. The smallest absolute Gasteiger partial charge is 0.169 e. The Morgan fingerprint density at radius 2 is 2.06 bits per heavy atom. The van der Waals surface area contributed by atoms with Gasteiger partial charge in [0.15, 0.2) is 5.78 Å². The minimum atomic E-state index is -0.920. The highest BCUT2D eigenvalue weighted by Gasteiger charge is 2.37. The molecule has 2 nitrogen and oxygen atoms in total. The van der Waals surface area contributed by atoms with Crippen LogP contribution in [0.5, 0.6) is 0 Å². The van der Waals surface area contributed by atoms with Crippen molar-refractivity contribution in [2.45, 2.75) is 39.2 Å². The molecule has 0 amide bonds. The predicted octanol–water partition coefficient (Wildman–Crippen LogP) is 2.51. The molecule has 16 heavy (non-hydrogen) atoms. The standard InChI is InChI=1S/C14H18O2/c1-9-5-4-6-10-7-8-11(14(2,3)16)13(15)12(9)10/h4-6,11,16H,7-8H2,1-3H3. The first-order valence-corrected chi connectivity index (χ1v) is 5.76. The molecule has 0 saturated heterocycles. The first-order chi connectivity index (χ1) is 7.41. The van der Waals surface area contributed by atoms with Gasteiger partial charge in [-0.2, -0.15) is 0 Å². The fourth-order valence-electron chi connectivity index (χ4n) is 2.57. The summed E-state index contributed by atoms with van der Waals surface area (Å²) in [5, 5.41) is 10.0. The van der Waals surface area contributed by atoms with E-state index in [9.17, 15) is 9.90 Å². The molecule has 1 aliphatic rings. The first-order valence-electron chi connectivity index (χ1n) is 5.76. The molecule has 1 unspecified atom stereocenters. The number of hydrogen-bond donors (Lipinski definition) is 1. The number of Topliss-reactive ketones (excluding diaryl/α,β-unsaturated/α-hetero) is 1. The highest BCUT2D eigenvalue weighted by molar-refractivity contribution is 6.02. The van der Waals surface area contributed by atoms with Crippen molar-refractivity contribution in [3.63, 3.8) is 0 Å². The minimum Gasteiger partial charge on any atom is -0.390 e. The van der Waals surface area contributed by atoms with Crippen molar-refractivity contribution in [1.29, 1.82) is 0 Å². The zero-order chi connectivity index (χ0) is 11.9. The van der Waals surface area contributed by atoms with Gasteiger partial charge in [-0.3, -0.25) is 4.79 Å². The molecule has 1 aliphatic carbocycles. The third-order valence-corrected chi connectivity index (χ3v) is 3.48. The van der Waals surface area contributed by atoms with Gasteiger partial charge in [0.2, 0.25) is 0 Å². The van der Waals surface area contributed by atoms with Gasteiger partial charge in [0.1, 0.15) is 0 Å². The molecule has 0 fully saturated rings. The van der Waals surface area contributed by atoms with E-state index in [4.69, 9.17) is 0 Å². The van der Waals surface area contributed by atoms with Gasteiger partial charge in [-0.15, -0.1) is 0 Å². The SMILES string of the molecule is Cc1cccc2c1C(=O)C(C(C)(C)O)CC2. The average molecular weight is 218 g/mol. The zero-order valence-corrected chi connectivity index (χ0v) is 10.1. The Kier molecular flexibility index (Phi) is 2.62. The lowest BCUT2D eigenvalue weighted by atomic mass is 9.74. The summed E-state index contributed by atoms with van der Waals surface area (Å²) in [6, 6.07) is 5.97. The van der Waals surface area contributed by atoms with Crippen LogP contribution in [0.1, 0.15) is 41.8 Å². The monoisotopic (exact) mass is 218 g/mol. The van der Waals surface area contributed by atoms with Crippen molar-refractivity contribution in [1.82, 2.24) is 0 Å². The van der Waals surface area contributed by atoms with Crippen molar-refractivity contribution in [3.8, 4) is 0 Å². The normalized spacial score (nSPS) is 20.8. The maximum atomic E-state index is 12.3. The topological polar surface area (TPSA) is 37.3 Å². The van der Waals surface area contributed by atoms with Crippen LogP contribution in [0.15, 0.2) is 18.2 Å². The Hall–Kier alpha value is -1.15. The average Bonchev–Trinajstić information content (AvgIpc) is 2.16. The molecule has 1 aromatic rings. The van der Waals surface area contributed by atoms with Crippen molar-refractivity contribution in [3.05, 3.63) is 34.9 Å². The van der Waals surface area contributed by atoms with E-state index in [0.717, 1.165) is 29.5 Å². The van der Waals surface area contributed by atoms with E-state index >= 15 is 0 Å². The molecule has 2 heteroatoms. The first kappa shape index (κ1) is 11.3. The van der Waals surface area contributed by atoms with Gasteiger partial charge in [0.25, 0.3) is 0 Å². The van der Waals surface area contributed by atoms with Crippen LogP contribution in [0.25, 0.3) is 0 Å². The number of hydrogen-bond acceptors (Lipinski definition) is 2. The molecule has 0 saturated carbocycles. The molecular weight excluding hydrogens is 200 g/mol. The quantitative estimate of drug-likeness (QED) is 0.786. The minimum absolute atomic E-state index is 0.104. The van der Waals surface area contributed by atoms with Crippen LogP contribution in [0.4, 0.5) is 0 Å². The molecule has 1 atom stereocenters. The number of rotatable bonds is 1. The molecule has 0 spiro atoms. The predicted molar refractivity (Wildman–Crippen MR) is 63.6 cm³/mol. The van der Waals surface area contributed by atoms with Crippen LogP contribution >= 0.6 is 0 Å². The summed E-state index contributed by atoms with van der Waals surface area (Å²) in [5.74, 6) is -0.159. The van der Waals surface area contributed by atoms with Crippen LogP contribution in [-0.4, -0.2) is 16.5 Å². The maximum Gasteiger partial charge on any atom is 0.169 e. The third kappa shape index (κ3) is 1.78. The van der Waals surface area contributed by atoms with E-state index in [2.05, 4.69) is 0 Å². The van der Waals surface area contributed by atoms with E-state index in [1.165, 1.54) is 0 Å². The van der Waals surface area contributed by atoms with Crippen LogP contribution in [0.2, 0.25) is 0 Å². The summed E-state index contributed by atoms with van der Waals surface area (Å²) in [5.41, 5.74) is 2.07. The highest BCUT2D eigenvalue weighted by Crippen LogP contribution is 2.33. The van der Waals surface area contributed by atoms with Gasteiger partial charge in [0.05, 0.1) is 11.5 Å². The van der Waals surface area contributed by atoms with Gasteiger partial charge < -0.3 is 5.11 Å². The van der Waals surface area contributed by atoms with Gasteiger partial charge in [-0.05, 0) is 44.7 Å². The second-order valence-electron chi connectivity index (χ2n) is 5.22. The second-order valence-corrected chi connectivity index (χ2v) is 5.22. The Morgan fingerprint density at radius 3 is 2.69 bits per heavy atom. The second kappa shape index (κ2) is 3.70. The summed E-state index contributed by atoms with van der Waals surface area (Å²) in [6.07, 6.45) is 1.64. The number of carbonyl (C=O) groups excluding carboxylic acids is 1. The maximum absolute atomic E-state index is 12.3. The molecular formula is C14H18O2. The van der Waals surface area contributed by atoms with Crippen molar-refractivity contribution < 1.29 is 9.90 Å². The molecule has 2 rings (SSSR count). The van der Waals surface area contributed by atoms with E-state index in [1.807, 2.05) is 25.1 Å². The molecule has 0 bridgehead atoms. The third-order valence-electron chi connectivity index (χ3n) is 3.48. The summed E-state index contributed by atoms with van der Waals surface area (Å²) < 4.78 is 0. The van der Waals surface area contributed by atoms with Crippen LogP contribution < -0.4 is 0 Å². The van der Waals surface area contributed by atoms with E-state index < -0.39 is 5.60 Å². The highest BCUT2D eigenvalue weighted by atomic mass is 16.3. The van der Waals surface area contributed by atoms with Gasteiger partial charge >= 0.3 is 0 Å². The van der Waals surface area contributed by atoms with Gasteiger partial charge in [-0.1, -0.05) is 18.2 Å². The number of aryl methyl sites for hydroxylation is 2. The summed E-state index contributed by atoms with van der Waals surface area (Å²) in [7, 11) is 0. The van der Waals surface area contributed by atoms with E-state index in [0.29, 0.717) is 0 Å². The van der Waals surface area contributed by atoms with Crippen molar-refractivity contribution in [2.75, 3.05) is 0 Å². The molecule has 0 aliphatic heterocycles. The summed E-state index contributed by atoms with van der Waals surface area (Å²) in [6.45, 7) is 5.40. The van der Waals surface area contributed by atoms with E-state index in [-0.39, 0.29) is 11.7 Å². The lowest BCUT2D eigenvalue weighted by Crippen LogP contribution is -2.40. The zero-order valence-electron chi connectivity index (χ0n) is 10.1. The Labute approximate surface area is 96.3 Å². The molecule has 1 aromatic carbocycles. The van der Waals surface area contributed by atoms with Crippen LogP contribution in [0.3, 0.4) is 0 Å². The molecule has 1 N–H and O–H groups in total. The molecule has 86 valence electrons. The molecule has 0 radical (unpaired) electrons. The Morgan fingerprint density at radius 1 is 1.38 bits per heavy atom. The number of benzene rings is 1. The summed E-state index contributed by atoms with van der Waals surface area (Å²) >= 11 is 0. The Balaban J connectivity index is 2.47. The van der Waals surface area contributed by atoms with Crippen LogP contribution in [-0.2, 0) is 6.42 Å². The fraction of sp³-hybridized carbons (Fsp3) is 0.500. The van der Waals surface area contributed by atoms with Crippen molar-refractivity contribution >= 4 is 5.78 Å². The Bertz CT molecular complexity index is 427. The number of ketones is 1. The summed E-state index contributed by atoms with van der Waals surface area (Å²) in [4.78, 5) is 12.3. The fourth-order valence-corrected chi connectivity index (χ4v) is 2.57. The number of carbonyl (C=O) groups is 1. The molecule has 0 heterocycles. The van der Waals surface area contributed by atoms with Crippen molar-refractivity contribution in [2.24, 2.45) is 5.92 Å². The number of fused-ring (bicyclic) bond motifs is 1. The van der Waals surface area contributed by atoms with Gasteiger partial charge in [-0.25, -0.2) is 0 Å².